The van der Waals surface area contributed by atoms with Crippen molar-refractivity contribution in [2.24, 2.45) is 23.2 Å². The van der Waals surface area contributed by atoms with Gasteiger partial charge in [0.1, 0.15) is 11.6 Å². The molecule has 186 valence electrons. The summed E-state index contributed by atoms with van der Waals surface area (Å²) < 4.78 is 5.49. The van der Waals surface area contributed by atoms with Crippen LogP contribution in [-0.2, 0) is 14.3 Å². The summed E-state index contributed by atoms with van der Waals surface area (Å²) in [5.41, 5.74) is -1.35. The molecule has 3 amide bonds. The molecule has 2 N–H and O–H groups in total. The third-order valence-corrected chi connectivity index (χ3v) is 7.93. The average Bonchev–Trinajstić information content (AvgIpc) is 3.21. The fourth-order valence-corrected chi connectivity index (χ4v) is 5.75. The van der Waals surface area contributed by atoms with Crippen LogP contribution in [0.5, 0.6) is 0 Å². The van der Waals surface area contributed by atoms with E-state index in [0.717, 1.165) is 6.42 Å². The average molecular weight is 466 g/mol. The first-order valence-electron chi connectivity index (χ1n) is 12.2. The molecule has 4 aliphatic rings. The molecule has 7 atom stereocenters. The normalized spacial score (nSPS) is 38.3. The van der Waals surface area contributed by atoms with Crippen LogP contribution in [0.4, 0.5) is 4.79 Å². The number of hydrogen-bond donors (Lipinski definition) is 2. The number of aliphatic hydroxyl groups excluding tert-OH is 2. The molecule has 0 bridgehead atoms. The molecular weight excluding hydrogens is 426 g/mol. The second-order valence-electron chi connectivity index (χ2n) is 11.9. The lowest BCUT2D eigenvalue weighted by atomic mass is 9.79. The molecule has 0 spiro atoms. The zero-order valence-electron chi connectivity index (χ0n) is 20.5. The van der Waals surface area contributed by atoms with Crippen LogP contribution in [0.2, 0.25) is 0 Å². The van der Waals surface area contributed by atoms with E-state index in [0.29, 0.717) is 38.4 Å². The van der Waals surface area contributed by atoms with Gasteiger partial charge in [-0.3, -0.25) is 9.59 Å². The third kappa shape index (κ3) is 4.58. The number of fused-ring (bicyclic) bond motifs is 1. The maximum Gasteiger partial charge on any atom is 0.410 e. The highest BCUT2D eigenvalue weighted by atomic mass is 16.6. The van der Waals surface area contributed by atoms with Gasteiger partial charge in [0.25, 0.3) is 0 Å². The summed E-state index contributed by atoms with van der Waals surface area (Å²) >= 11 is 0. The van der Waals surface area contributed by atoms with Crippen molar-refractivity contribution in [3.05, 3.63) is 0 Å². The first-order valence-corrected chi connectivity index (χ1v) is 12.2. The van der Waals surface area contributed by atoms with E-state index in [2.05, 4.69) is 0 Å². The van der Waals surface area contributed by atoms with Crippen LogP contribution in [0.15, 0.2) is 0 Å². The summed E-state index contributed by atoms with van der Waals surface area (Å²) in [5.74, 6) is -0.128. The molecule has 33 heavy (non-hydrogen) atoms. The maximum atomic E-state index is 13.7. The van der Waals surface area contributed by atoms with Gasteiger partial charge in [0.05, 0.1) is 18.6 Å². The summed E-state index contributed by atoms with van der Waals surface area (Å²) in [7, 11) is 0. The van der Waals surface area contributed by atoms with Crippen molar-refractivity contribution < 1.29 is 29.3 Å². The van der Waals surface area contributed by atoms with E-state index in [1.807, 2.05) is 27.7 Å². The monoisotopic (exact) mass is 465 g/mol. The Morgan fingerprint density at radius 1 is 1.09 bits per heavy atom. The molecule has 0 aromatic heterocycles. The van der Waals surface area contributed by atoms with Gasteiger partial charge >= 0.3 is 6.09 Å². The van der Waals surface area contributed by atoms with E-state index < -0.39 is 29.3 Å². The van der Waals surface area contributed by atoms with Crippen molar-refractivity contribution in [1.29, 1.82) is 0 Å². The standard InChI is InChI=1S/C24H39N3O6/c1-14-10-26(22(32)33-23(2,3)4)11-16(14)20(30)27-17-8-15(17)9-18(27)21(31)25-7-6-19(29)24(5,12-25)13-28/h14-19,28-29H,6-13H2,1-5H3/t14-,15-,16-,17+,18+,19?,24?/m1/s1. The lowest BCUT2D eigenvalue weighted by molar-refractivity contribution is -0.153. The Balaban J connectivity index is 1.45. The number of aliphatic hydroxyl groups is 2. The number of hydrogen-bond acceptors (Lipinski definition) is 6. The van der Waals surface area contributed by atoms with Gasteiger partial charge in [-0.15, -0.1) is 0 Å². The molecule has 4 rings (SSSR count). The van der Waals surface area contributed by atoms with Gasteiger partial charge in [0, 0.05) is 37.6 Å². The molecule has 3 aliphatic heterocycles. The fourth-order valence-electron chi connectivity index (χ4n) is 5.75. The van der Waals surface area contributed by atoms with E-state index in [9.17, 15) is 24.6 Å². The van der Waals surface area contributed by atoms with Crippen molar-refractivity contribution in [2.75, 3.05) is 32.8 Å². The van der Waals surface area contributed by atoms with E-state index >= 15 is 0 Å². The van der Waals surface area contributed by atoms with Crippen molar-refractivity contribution in [3.8, 4) is 0 Å². The van der Waals surface area contributed by atoms with Crippen LogP contribution in [0, 0.1) is 23.2 Å². The first-order chi connectivity index (χ1) is 15.3. The highest BCUT2D eigenvalue weighted by molar-refractivity contribution is 5.91. The van der Waals surface area contributed by atoms with E-state index in [1.165, 1.54) is 0 Å². The Morgan fingerprint density at radius 3 is 2.42 bits per heavy atom. The second kappa shape index (κ2) is 8.41. The van der Waals surface area contributed by atoms with Crippen LogP contribution in [0.25, 0.3) is 0 Å². The summed E-state index contributed by atoms with van der Waals surface area (Å²) in [6.07, 6.45) is 0.957. The number of rotatable bonds is 3. The maximum absolute atomic E-state index is 13.7. The molecule has 1 aliphatic carbocycles. The van der Waals surface area contributed by atoms with Gasteiger partial charge in [-0.2, -0.15) is 0 Å². The fraction of sp³-hybridized carbons (Fsp3) is 0.875. The Morgan fingerprint density at radius 2 is 1.79 bits per heavy atom. The van der Waals surface area contributed by atoms with E-state index in [4.69, 9.17) is 4.74 Å². The lowest BCUT2D eigenvalue weighted by Crippen LogP contribution is -2.58. The molecule has 9 heteroatoms. The Labute approximate surface area is 196 Å². The minimum absolute atomic E-state index is 0.0126. The van der Waals surface area contributed by atoms with Crippen LogP contribution in [0.3, 0.4) is 0 Å². The molecule has 3 saturated heterocycles. The van der Waals surface area contributed by atoms with Gasteiger partial charge in [0.2, 0.25) is 11.8 Å². The number of carbonyl (C=O) groups is 3. The lowest BCUT2D eigenvalue weighted by Gasteiger charge is -2.44. The SMILES string of the molecule is C[C@@H]1CN(C(=O)OC(C)(C)C)C[C@H]1C(=O)N1[C@H](C(=O)N2CCC(O)C(C)(CO)C2)C[C@H]2C[C@@H]21. The molecular formula is C24H39N3O6. The van der Waals surface area contributed by atoms with Crippen molar-refractivity contribution in [2.45, 2.75) is 77.7 Å². The minimum Gasteiger partial charge on any atom is -0.444 e. The molecule has 4 fully saturated rings. The Bertz CT molecular complexity index is 813. The minimum atomic E-state index is -0.752. The van der Waals surface area contributed by atoms with Gasteiger partial charge in [-0.25, -0.2) is 4.79 Å². The van der Waals surface area contributed by atoms with Crippen LogP contribution in [-0.4, -0.2) is 99.4 Å². The summed E-state index contributed by atoms with van der Waals surface area (Å²) in [4.78, 5) is 44.8. The van der Waals surface area contributed by atoms with Gasteiger partial charge in [-0.1, -0.05) is 13.8 Å². The molecule has 3 heterocycles. The van der Waals surface area contributed by atoms with Crippen LogP contribution < -0.4 is 0 Å². The smallest absolute Gasteiger partial charge is 0.410 e. The van der Waals surface area contributed by atoms with Crippen molar-refractivity contribution in [1.82, 2.24) is 14.7 Å². The molecule has 9 nitrogen and oxygen atoms in total. The van der Waals surface area contributed by atoms with Crippen LogP contribution in [0.1, 0.15) is 53.9 Å². The number of nitrogens with zero attached hydrogens (tertiary/aromatic N) is 3. The Kier molecular flexibility index (Phi) is 6.18. The van der Waals surface area contributed by atoms with Crippen molar-refractivity contribution >= 4 is 17.9 Å². The molecule has 0 aromatic carbocycles. The van der Waals surface area contributed by atoms with Gasteiger partial charge in [-0.05, 0) is 51.9 Å². The quantitative estimate of drug-likeness (QED) is 0.645. The summed E-state index contributed by atoms with van der Waals surface area (Å²) in [6, 6.07) is -0.393. The molecule has 0 radical (unpaired) electrons. The van der Waals surface area contributed by atoms with E-state index in [-0.39, 0.29) is 42.8 Å². The van der Waals surface area contributed by atoms with Gasteiger partial charge in [0.15, 0.2) is 0 Å². The zero-order valence-corrected chi connectivity index (χ0v) is 20.5. The highest BCUT2D eigenvalue weighted by Crippen LogP contribution is 2.49. The Hall–Kier alpha value is -1.87. The zero-order chi connectivity index (χ0) is 24.3. The molecule has 0 aromatic rings. The predicted molar refractivity (Wildman–Crippen MR) is 120 cm³/mol. The van der Waals surface area contributed by atoms with Crippen LogP contribution >= 0.6 is 0 Å². The first kappa shape index (κ1) is 24.3. The predicted octanol–water partition coefficient (Wildman–Crippen LogP) is 1.07. The molecule has 2 unspecified atom stereocenters. The van der Waals surface area contributed by atoms with Crippen molar-refractivity contribution in [3.63, 3.8) is 0 Å². The highest BCUT2D eigenvalue weighted by Gasteiger charge is 2.59. The number of ether oxygens (including phenoxy) is 1. The number of piperidine rings is 2. The summed E-state index contributed by atoms with van der Waals surface area (Å²) in [6.45, 7) is 10.5. The third-order valence-electron chi connectivity index (χ3n) is 7.93. The number of likely N-dealkylation sites (tertiary alicyclic amines) is 3. The van der Waals surface area contributed by atoms with E-state index in [1.54, 1.807) is 21.6 Å². The topological polar surface area (TPSA) is 111 Å². The second-order valence-corrected chi connectivity index (χ2v) is 11.9. The number of carbonyl (C=O) groups excluding carboxylic acids is 3. The van der Waals surface area contributed by atoms with Gasteiger partial charge < -0.3 is 29.6 Å². The number of amides is 3. The molecule has 1 saturated carbocycles. The summed E-state index contributed by atoms with van der Waals surface area (Å²) in [5, 5.41) is 20.1. The largest absolute Gasteiger partial charge is 0.444 e.